The van der Waals surface area contributed by atoms with Crippen molar-refractivity contribution in [3.05, 3.63) is 59.7 Å². The van der Waals surface area contributed by atoms with Gasteiger partial charge in [-0.15, -0.1) is 0 Å². The van der Waals surface area contributed by atoms with Gasteiger partial charge in [-0.1, -0.05) is 6.07 Å². The average Bonchev–Trinajstić information content (AvgIpc) is 2.37. The zero-order chi connectivity index (χ0) is 12.1. The van der Waals surface area contributed by atoms with Crippen LogP contribution in [0.4, 0.5) is 4.39 Å². The summed E-state index contributed by atoms with van der Waals surface area (Å²) in [7, 11) is 0. The number of hydrogen-bond acceptors (Lipinski definition) is 3. The molecule has 0 saturated carbocycles. The molecule has 0 N–H and O–H groups in total. The van der Waals surface area contributed by atoms with E-state index in [4.69, 9.17) is 4.74 Å². The third-order valence-electron chi connectivity index (χ3n) is 2.14. The van der Waals surface area contributed by atoms with Crippen molar-refractivity contribution in [3.8, 4) is 5.75 Å². The predicted octanol–water partition coefficient (Wildman–Crippen LogP) is 2.61. The highest BCUT2D eigenvalue weighted by Crippen LogP contribution is 2.16. The van der Waals surface area contributed by atoms with E-state index in [0.29, 0.717) is 12.0 Å². The first-order valence-electron chi connectivity index (χ1n) is 5.06. The number of benzene rings is 1. The second kappa shape index (κ2) is 5.21. The molecule has 1 aromatic heterocycles. The molecule has 1 heterocycles. The van der Waals surface area contributed by atoms with Gasteiger partial charge in [0, 0.05) is 17.8 Å². The molecule has 17 heavy (non-hydrogen) atoms. The van der Waals surface area contributed by atoms with E-state index >= 15 is 0 Å². The van der Waals surface area contributed by atoms with Crippen molar-refractivity contribution in [3.63, 3.8) is 0 Å². The number of pyridine rings is 1. The highest BCUT2D eigenvalue weighted by molar-refractivity contribution is 5.75. The first-order valence-corrected chi connectivity index (χ1v) is 5.06. The van der Waals surface area contributed by atoms with Gasteiger partial charge < -0.3 is 4.74 Å². The lowest BCUT2D eigenvalue weighted by molar-refractivity contribution is 0.112. The quantitative estimate of drug-likeness (QED) is 0.759. The van der Waals surface area contributed by atoms with Crippen molar-refractivity contribution < 1.29 is 13.9 Å². The van der Waals surface area contributed by atoms with Gasteiger partial charge in [0.05, 0.1) is 5.69 Å². The average molecular weight is 231 g/mol. The van der Waals surface area contributed by atoms with E-state index in [1.54, 1.807) is 18.3 Å². The number of hydrogen-bond donors (Lipinski definition) is 0. The van der Waals surface area contributed by atoms with Crippen molar-refractivity contribution >= 4 is 6.29 Å². The molecular formula is C13H10FNO2. The molecule has 0 spiro atoms. The van der Waals surface area contributed by atoms with Gasteiger partial charge in [0.1, 0.15) is 24.5 Å². The number of carbonyl (C=O) groups is 1. The van der Waals surface area contributed by atoms with E-state index in [1.165, 1.54) is 12.1 Å². The predicted molar refractivity (Wildman–Crippen MR) is 60.4 cm³/mol. The number of ether oxygens (including phenoxy) is 1. The van der Waals surface area contributed by atoms with Crippen LogP contribution in [-0.4, -0.2) is 11.3 Å². The molecule has 0 unspecified atom stereocenters. The summed E-state index contributed by atoms with van der Waals surface area (Å²) in [6, 6.07) is 9.32. The molecule has 0 saturated heterocycles. The van der Waals surface area contributed by atoms with E-state index in [-0.39, 0.29) is 12.2 Å². The summed E-state index contributed by atoms with van der Waals surface area (Å²) < 4.78 is 18.4. The van der Waals surface area contributed by atoms with Crippen molar-refractivity contribution in [1.82, 2.24) is 4.98 Å². The summed E-state index contributed by atoms with van der Waals surface area (Å²) >= 11 is 0. The number of aromatic nitrogens is 1. The molecule has 0 fully saturated rings. The Kier molecular flexibility index (Phi) is 3.45. The Morgan fingerprint density at radius 3 is 2.88 bits per heavy atom. The van der Waals surface area contributed by atoms with E-state index in [2.05, 4.69) is 4.98 Å². The maximum absolute atomic E-state index is 13.1. The molecule has 0 aliphatic heterocycles. The summed E-state index contributed by atoms with van der Waals surface area (Å²) in [4.78, 5) is 14.6. The number of aldehydes is 1. The fraction of sp³-hybridized carbons (Fsp3) is 0.0769. The van der Waals surface area contributed by atoms with Gasteiger partial charge in [-0.25, -0.2) is 4.39 Å². The first-order chi connectivity index (χ1) is 8.28. The molecular weight excluding hydrogens is 221 g/mol. The minimum atomic E-state index is -0.495. The standard InChI is InChI=1S/C13H10FNO2/c14-11-5-10(8-16)6-13(7-11)17-9-12-3-1-2-4-15-12/h1-8H,9H2. The molecule has 0 atom stereocenters. The van der Waals surface area contributed by atoms with Crippen LogP contribution < -0.4 is 4.74 Å². The summed E-state index contributed by atoms with van der Waals surface area (Å²) in [5.41, 5.74) is 0.991. The lowest BCUT2D eigenvalue weighted by atomic mass is 10.2. The van der Waals surface area contributed by atoms with Crippen molar-refractivity contribution in [2.45, 2.75) is 6.61 Å². The van der Waals surface area contributed by atoms with Gasteiger partial charge in [0.25, 0.3) is 0 Å². The fourth-order valence-corrected chi connectivity index (χ4v) is 1.38. The molecule has 2 rings (SSSR count). The van der Waals surface area contributed by atoms with E-state index in [9.17, 15) is 9.18 Å². The van der Waals surface area contributed by atoms with Gasteiger partial charge >= 0.3 is 0 Å². The molecule has 3 nitrogen and oxygen atoms in total. The summed E-state index contributed by atoms with van der Waals surface area (Å²) in [5, 5.41) is 0. The summed E-state index contributed by atoms with van der Waals surface area (Å²) in [6.07, 6.45) is 2.23. The lowest BCUT2D eigenvalue weighted by Gasteiger charge is -2.06. The highest BCUT2D eigenvalue weighted by Gasteiger charge is 2.02. The Labute approximate surface area is 97.9 Å². The van der Waals surface area contributed by atoms with E-state index in [0.717, 1.165) is 11.8 Å². The van der Waals surface area contributed by atoms with Crippen LogP contribution in [-0.2, 0) is 6.61 Å². The van der Waals surface area contributed by atoms with Crippen LogP contribution in [0.3, 0.4) is 0 Å². The summed E-state index contributed by atoms with van der Waals surface area (Å²) in [5.74, 6) is -0.177. The Hall–Kier alpha value is -2.23. The topological polar surface area (TPSA) is 39.2 Å². The van der Waals surface area contributed by atoms with Gasteiger partial charge in [-0.3, -0.25) is 9.78 Å². The third-order valence-corrected chi connectivity index (χ3v) is 2.14. The smallest absolute Gasteiger partial charge is 0.150 e. The van der Waals surface area contributed by atoms with E-state index < -0.39 is 5.82 Å². The number of nitrogens with zero attached hydrogens (tertiary/aromatic N) is 1. The third kappa shape index (κ3) is 3.11. The SMILES string of the molecule is O=Cc1cc(F)cc(OCc2ccccn2)c1. The Balaban J connectivity index is 2.09. The summed E-state index contributed by atoms with van der Waals surface area (Å²) in [6.45, 7) is 0.239. The van der Waals surface area contributed by atoms with Crippen LogP contribution in [0.2, 0.25) is 0 Å². The van der Waals surface area contributed by atoms with Gasteiger partial charge in [-0.2, -0.15) is 0 Å². The van der Waals surface area contributed by atoms with Crippen LogP contribution in [0.15, 0.2) is 42.6 Å². The minimum Gasteiger partial charge on any atom is -0.487 e. The Morgan fingerprint density at radius 2 is 2.18 bits per heavy atom. The van der Waals surface area contributed by atoms with Gasteiger partial charge in [0.15, 0.2) is 0 Å². The van der Waals surface area contributed by atoms with Crippen molar-refractivity contribution in [2.24, 2.45) is 0 Å². The van der Waals surface area contributed by atoms with Gasteiger partial charge in [0.2, 0.25) is 0 Å². The van der Waals surface area contributed by atoms with Crippen LogP contribution in [0.5, 0.6) is 5.75 Å². The number of rotatable bonds is 4. The Morgan fingerprint density at radius 1 is 1.29 bits per heavy atom. The van der Waals surface area contributed by atoms with Crippen LogP contribution in [0.25, 0.3) is 0 Å². The first kappa shape index (κ1) is 11.3. The minimum absolute atomic E-state index is 0.239. The molecule has 0 aliphatic rings. The second-order valence-electron chi connectivity index (χ2n) is 3.45. The lowest BCUT2D eigenvalue weighted by Crippen LogP contribution is -1.98. The van der Waals surface area contributed by atoms with Gasteiger partial charge in [-0.05, 0) is 24.3 Å². The molecule has 0 aliphatic carbocycles. The Bertz CT molecular complexity index is 514. The van der Waals surface area contributed by atoms with Crippen molar-refractivity contribution in [1.29, 1.82) is 0 Å². The maximum Gasteiger partial charge on any atom is 0.150 e. The normalized spacial score (nSPS) is 9.94. The van der Waals surface area contributed by atoms with Crippen molar-refractivity contribution in [2.75, 3.05) is 0 Å². The molecule has 0 amide bonds. The second-order valence-corrected chi connectivity index (χ2v) is 3.45. The largest absolute Gasteiger partial charge is 0.487 e. The molecule has 0 radical (unpaired) electrons. The molecule has 4 heteroatoms. The van der Waals surface area contributed by atoms with Crippen LogP contribution in [0.1, 0.15) is 16.1 Å². The van der Waals surface area contributed by atoms with Crippen LogP contribution >= 0.6 is 0 Å². The molecule has 2 aromatic rings. The monoisotopic (exact) mass is 231 g/mol. The maximum atomic E-state index is 13.1. The zero-order valence-electron chi connectivity index (χ0n) is 8.97. The number of halogens is 1. The molecule has 0 bridgehead atoms. The molecule has 1 aromatic carbocycles. The highest BCUT2D eigenvalue weighted by atomic mass is 19.1. The fourth-order valence-electron chi connectivity index (χ4n) is 1.38. The van der Waals surface area contributed by atoms with Crippen LogP contribution in [0, 0.1) is 5.82 Å². The zero-order valence-corrected chi connectivity index (χ0v) is 8.97. The number of carbonyl (C=O) groups excluding carboxylic acids is 1. The van der Waals surface area contributed by atoms with E-state index in [1.807, 2.05) is 6.07 Å². The molecule has 86 valence electrons.